The summed E-state index contributed by atoms with van der Waals surface area (Å²) in [7, 11) is 0. The maximum absolute atomic E-state index is 13.3. The van der Waals surface area contributed by atoms with Gasteiger partial charge in [0.1, 0.15) is 6.54 Å². The zero-order chi connectivity index (χ0) is 20.7. The van der Waals surface area contributed by atoms with E-state index in [4.69, 9.17) is 5.11 Å². The van der Waals surface area contributed by atoms with Crippen LogP contribution in [0.4, 0.5) is 0 Å². The van der Waals surface area contributed by atoms with Crippen molar-refractivity contribution in [2.75, 3.05) is 19.6 Å². The van der Waals surface area contributed by atoms with Crippen molar-refractivity contribution < 1.29 is 19.5 Å². The first-order chi connectivity index (χ1) is 13.3. The molecule has 28 heavy (non-hydrogen) atoms. The van der Waals surface area contributed by atoms with Crippen LogP contribution in [0, 0.1) is 17.8 Å². The lowest BCUT2D eigenvalue weighted by molar-refractivity contribution is -0.145. The summed E-state index contributed by atoms with van der Waals surface area (Å²) in [6.45, 7) is 6.79. The maximum atomic E-state index is 13.3. The van der Waals surface area contributed by atoms with Crippen molar-refractivity contribution in [3.63, 3.8) is 0 Å². The van der Waals surface area contributed by atoms with Gasteiger partial charge in [-0.25, -0.2) is 0 Å². The molecule has 2 rings (SSSR count). The van der Waals surface area contributed by atoms with E-state index in [1.54, 1.807) is 0 Å². The van der Waals surface area contributed by atoms with Crippen LogP contribution >= 0.6 is 0 Å². The van der Waals surface area contributed by atoms with Crippen LogP contribution in [0.1, 0.15) is 78.6 Å². The average molecular weight is 395 g/mol. The van der Waals surface area contributed by atoms with Gasteiger partial charge >= 0.3 is 5.97 Å². The molecule has 1 saturated carbocycles. The van der Waals surface area contributed by atoms with Crippen molar-refractivity contribution in [1.82, 2.24) is 9.80 Å². The third kappa shape index (κ3) is 6.49. The molecule has 1 aliphatic heterocycles. The van der Waals surface area contributed by atoms with Crippen LogP contribution in [-0.4, -0.2) is 58.4 Å². The lowest BCUT2D eigenvalue weighted by Crippen LogP contribution is -2.43. The zero-order valence-corrected chi connectivity index (χ0v) is 17.9. The summed E-state index contributed by atoms with van der Waals surface area (Å²) in [5.41, 5.74) is 0. The van der Waals surface area contributed by atoms with Gasteiger partial charge in [0.25, 0.3) is 0 Å². The Hall–Kier alpha value is -1.59. The fourth-order valence-electron chi connectivity index (χ4n) is 4.93. The minimum absolute atomic E-state index is 0.0718. The van der Waals surface area contributed by atoms with Gasteiger partial charge in [-0.2, -0.15) is 0 Å². The van der Waals surface area contributed by atoms with E-state index in [1.165, 1.54) is 43.9 Å². The van der Waals surface area contributed by atoms with Gasteiger partial charge in [-0.05, 0) is 37.5 Å². The molecule has 2 atom stereocenters. The van der Waals surface area contributed by atoms with E-state index in [9.17, 15) is 14.4 Å². The quantitative estimate of drug-likeness (QED) is 0.716. The number of carbonyl (C=O) groups excluding carboxylic acids is 2. The molecular formula is C22H38N2O4. The van der Waals surface area contributed by atoms with Crippen LogP contribution in [0.25, 0.3) is 0 Å². The molecule has 1 N–H and O–H groups in total. The normalized spacial score (nSPS) is 22.6. The molecule has 1 saturated heterocycles. The van der Waals surface area contributed by atoms with Gasteiger partial charge < -0.3 is 14.9 Å². The molecule has 6 heteroatoms. The lowest BCUT2D eigenvalue weighted by atomic mass is 9.78. The third-order valence-electron chi connectivity index (χ3n) is 6.59. The zero-order valence-electron chi connectivity index (χ0n) is 17.9. The van der Waals surface area contributed by atoms with Gasteiger partial charge in [0.2, 0.25) is 11.8 Å². The van der Waals surface area contributed by atoms with Crippen LogP contribution < -0.4 is 0 Å². The summed E-state index contributed by atoms with van der Waals surface area (Å²) < 4.78 is 0. The Morgan fingerprint density at radius 3 is 2.25 bits per heavy atom. The van der Waals surface area contributed by atoms with Gasteiger partial charge in [-0.15, -0.1) is 0 Å². The van der Waals surface area contributed by atoms with Gasteiger partial charge in [0.15, 0.2) is 0 Å². The topological polar surface area (TPSA) is 77.9 Å². The molecular weight excluding hydrogens is 356 g/mol. The maximum Gasteiger partial charge on any atom is 0.323 e. The number of likely N-dealkylation sites (tertiary alicyclic amines) is 1. The number of carboxylic acid groups (broad SMARTS) is 1. The SMILES string of the molecule is CC(=O)N(CC(=O)O)C1CCCN(C(=O)C(CC2CCCCC2)C(C)C)CC1. The molecule has 6 nitrogen and oxygen atoms in total. The standard InChI is InChI=1S/C22H38N2O4/c1-16(2)20(14-18-8-5-4-6-9-18)22(28)23-12-7-10-19(11-13-23)24(17(3)25)15-21(26)27/h16,18-20H,4-15H2,1-3H3,(H,26,27). The minimum atomic E-state index is -0.986. The highest BCUT2D eigenvalue weighted by Crippen LogP contribution is 2.33. The number of rotatable bonds is 7. The van der Waals surface area contributed by atoms with Crippen LogP contribution in [0.3, 0.4) is 0 Å². The Morgan fingerprint density at radius 2 is 1.68 bits per heavy atom. The van der Waals surface area contributed by atoms with Crippen LogP contribution in [-0.2, 0) is 14.4 Å². The fourth-order valence-corrected chi connectivity index (χ4v) is 4.93. The Kier molecular flexibility index (Phi) is 8.77. The highest BCUT2D eigenvalue weighted by Gasteiger charge is 2.33. The molecule has 1 aliphatic carbocycles. The van der Waals surface area contributed by atoms with E-state index in [0.29, 0.717) is 31.3 Å². The number of carboxylic acids is 1. The Balaban J connectivity index is 1.98. The first kappa shape index (κ1) is 22.7. The summed E-state index contributed by atoms with van der Waals surface area (Å²) in [6, 6.07) is -0.0951. The summed E-state index contributed by atoms with van der Waals surface area (Å²) >= 11 is 0. The number of nitrogens with zero attached hydrogens (tertiary/aromatic N) is 2. The molecule has 0 aromatic heterocycles. The molecule has 2 fully saturated rings. The Bertz CT molecular complexity index is 543. The molecule has 2 unspecified atom stereocenters. The van der Waals surface area contributed by atoms with E-state index in [0.717, 1.165) is 19.3 Å². The molecule has 2 aliphatic rings. The van der Waals surface area contributed by atoms with Gasteiger partial charge in [-0.3, -0.25) is 14.4 Å². The molecule has 0 aromatic rings. The summed E-state index contributed by atoms with van der Waals surface area (Å²) in [5.74, 6) is 0.142. The van der Waals surface area contributed by atoms with Crippen LogP contribution in [0.5, 0.6) is 0 Å². The van der Waals surface area contributed by atoms with Gasteiger partial charge in [-0.1, -0.05) is 46.0 Å². The van der Waals surface area contributed by atoms with Crippen LogP contribution in [0.15, 0.2) is 0 Å². The van der Waals surface area contributed by atoms with Crippen LogP contribution in [0.2, 0.25) is 0 Å². The fraction of sp³-hybridized carbons (Fsp3) is 0.864. The summed E-state index contributed by atoms with van der Waals surface area (Å²) in [6.07, 6.45) is 9.64. The number of amides is 2. The molecule has 0 bridgehead atoms. The van der Waals surface area contributed by atoms with E-state index >= 15 is 0 Å². The Morgan fingerprint density at radius 1 is 1.00 bits per heavy atom. The average Bonchev–Trinajstić information content (AvgIpc) is 2.90. The molecule has 1 heterocycles. The predicted molar refractivity (Wildman–Crippen MR) is 109 cm³/mol. The van der Waals surface area contributed by atoms with Crippen molar-refractivity contribution in [3.8, 4) is 0 Å². The number of hydrogen-bond donors (Lipinski definition) is 1. The smallest absolute Gasteiger partial charge is 0.323 e. The summed E-state index contributed by atoms with van der Waals surface area (Å²) in [4.78, 5) is 39.8. The highest BCUT2D eigenvalue weighted by atomic mass is 16.4. The number of aliphatic carboxylic acids is 1. The molecule has 160 valence electrons. The van der Waals surface area contributed by atoms with Crippen molar-refractivity contribution in [2.45, 2.75) is 84.6 Å². The predicted octanol–water partition coefficient (Wildman–Crippen LogP) is 3.54. The second-order valence-electron chi connectivity index (χ2n) is 9.04. The number of carbonyl (C=O) groups is 3. The van der Waals surface area contributed by atoms with Crippen molar-refractivity contribution in [2.24, 2.45) is 17.8 Å². The van der Waals surface area contributed by atoms with E-state index in [-0.39, 0.29) is 30.3 Å². The molecule has 0 spiro atoms. The highest BCUT2D eigenvalue weighted by molar-refractivity contribution is 5.80. The first-order valence-corrected chi connectivity index (χ1v) is 11.1. The Labute approximate surface area is 169 Å². The largest absolute Gasteiger partial charge is 0.480 e. The van der Waals surface area contributed by atoms with Gasteiger partial charge in [0.05, 0.1) is 0 Å². The molecule has 2 amide bonds. The van der Waals surface area contributed by atoms with Gasteiger partial charge in [0, 0.05) is 32.0 Å². The minimum Gasteiger partial charge on any atom is -0.480 e. The van der Waals surface area contributed by atoms with Crippen molar-refractivity contribution in [3.05, 3.63) is 0 Å². The van der Waals surface area contributed by atoms with Crippen molar-refractivity contribution in [1.29, 1.82) is 0 Å². The molecule has 0 radical (unpaired) electrons. The second-order valence-corrected chi connectivity index (χ2v) is 9.04. The monoisotopic (exact) mass is 394 g/mol. The lowest BCUT2D eigenvalue weighted by Gasteiger charge is -2.32. The summed E-state index contributed by atoms with van der Waals surface area (Å²) in [5, 5.41) is 9.11. The first-order valence-electron chi connectivity index (χ1n) is 11.1. The number of hydrogen-bond acceptors (Lipinski definition) is 3. The third-order valence-corrected chi connectivity index (χ3v) is 6.59. The van der Waals surface area contributed by atoms with Crippen molar-refractivity contribution >= 4 is 17.8 Å². The molecule has 0 aromatic carbocycles. The van der Waals surface area contributed by atoms with E-state index < -0.39 is 5.97 Å². The second kappa shape index (κ2) is 10.8. The van der Waals surface area contributed by atoms with E-state index in [2.05, 4.69) is 13.8 Å². The van der Waals surface area contributed by atoms with E-state index in [1.807, 2.05) is 4.90 Å².